The van der Waals surface area contributed by atoms with Gasteiger partial charge in [0, 0.05) is 18.7 Å². The molecule has 1 fully saturated rings. The smallest absolute Gasteiger partial charge is 0.126 e. The molecule has 1 aliphatic rings. The van der Waals surface area contributed by atoms with Gasteiger partial charge in [-0.25, -0.2) is 8.78 Å². The van der Waals surface area contributed by atoms with Gasteiger partial charge in [0.2, 0.25) is 0 Å². The Balaban J connectivity index is 2.15. The minimum Gasteiger partial charge on any atom is -0.374 e. The van der Waals surface area contributed by atoms with Crippen LogP contribution in [0, 0.1) is 11.6 Å². The maximum Gasteiger partial charge on any atom is 0.126 e. The number of ether oxygens (including phenoxy) is 1. The van der Waals surface area contributed by atoms with Gasteiger partial charge in [-0.1, -0.05) is 6.92 Å². The van der Waals surface area contributed by atoms with Gasteiger partial charge in [0.15, 0.2) is 0 Å². The molecule has 2 atom stereocenters. The third-order valence-electron chi connectivity index (χ3n) is 4.24. The monoisotopic (exact) mass is 297 g/mol. The predicted molar refractivity (Wildman–Crippen MR) is 80.4 cm³/mol. The van der Waals surface area contributed by atoms with Crippen LogP contribution >= 0.6 is 0 Å². The first-order chi connectivity index (χ1) is 10.0. The summed E-state index contributed by atoms with van der Waals surface area (Å²) in [6.45, 7) is 5.85. The zero-order valence-corrected chi connectivity index (χ0v) is 12.9. The highest BCUT2D eigenvalue weighted by molar-refractivity contribution is 5.20. The lowest BCUT2D eigenvalue weighted by Crippen LogP contribution is -2.53. The van der Waals surface area contributed by atoms with Crippen molar-refractivity contribution in [3.63, 3.8) is 0 Å². The van der Waals surface area contributed by atoms with E-state index < -0.39 is 11.6 Å². The van der Waals surface area contributed by atoms with Crippen LogP contribution in [-0.2, 0) is 11.2 Å². The van der Waals surface area contributed by atoms with Crippen LogP contribution in [-0.4, -0.2) is 24.8 Å². The summed E-state index contributed by atoms with van der Waals surface area (Å²) >= 11 is 0. The first kappa shape index (κ1) is 16.4. The molecule has 2 unspecified atom stereocenters. The van der Waals surface area contributed by atoms with Crippen LogP contribution in [0.15, 0.2) is 18.2 Å². The number of nitrogens with one attached hydrogen (secondary N) is 1. The van der Waals surface area contributed by atoms with Crippen molar-refractivity contribution in [2.24, 2.45) is 0 Å². The molecule has 1 aromatic carbocycles. The van der Waals surface area contributed by atoms with Crippen LogP contribution in [0.5, 0.6) is 0 Å². The molecule has 0 spiro atoms. The zero-order chi connectivity index (χ0) is 15.3. The molecule has 0 saturated carbocycles. The highest BCUT2D eigenvalue weighted by Gasteiger charge is 2.36. The first-order valence-corrected chi connectivity index (χ1v) is 7.86. The normalized spacial score (nSPS) is 24.0. The summed E-state index contributed by atoms with van der Waals surface area (Å²) in [5, 5.41) is 3.50. The third kappa shape index (κ3) is 4.48. The molecule has 21 heavy (non-hydrogen) atoms. The van der Waals surface area contributed by atoms with Gasteiger partial charge >= 0.3 is 0 Å². The van der Waals surface area contributed by atoms with Crippen LogP contribution in [0.1, 0.15) is 45.1 Å². The molecule has 0 bridgehead atoms. The van der Waals surface area contributed by atoms with Gasteiger partial charge < -0.3 is 10.1 Å². The van der Waals surface area contributed by atoms with E-state index in [-0.39, 0.29) is 11.6 Å². The molecule has 0 radical (unpaired) electrons. The van der Waals surface area contributed by atoms with Gasteiger partial charge in [-0.3, -0.25) is 0 Å². The van der Waals surface area contributed by atoms with Crippen LogP contribution < -0.4 is 5.32 Å². The Hall–Kier alpha value is -1.00. The second kappa shape index (κ2) is 7.32. The Morgan fingerprint density at radius 1 is 1.24 bits per heavy atom. The van der Waals surface area contributed by atoms with E-state index in [1.807, 2.05) is 0 Å². The van der Waals surface area contributed by atoms with Crippen LogP contribution in [0.25, 0.3) is 0 Å². The lowest BCUT2D eigenvalue weighted by Gasteiger charge is -2.41. The Kier molecular flexibility index (Phi) is 5.71. The van der Waals surface area contributed by atoms with Crippen molar-refractivity contribution in [3.05, 3.63) is 35.4 Å². The molecule has 1 N–H and O–H groups in total. The number of rotatable bonds is 6. The van der Waals surface area contributed by atoms with Gasteiger partial charge in [0.05, 0.1) is 5.60 Å². The van der Waals surface area contributed by atoms with Crippen molar-refractivity contribution >= 4 is 0 Å². The quantitative estimate of drug-likeness (QED) is 0.861. The van der Waals surface area contributed by atoms with E-state index in [1.165, 1.54) is 12.1 Å². The second-order valence-electron chi connectivity index (χ2n) is 6.11. The van der Waals surface area contributed by atoms with Gasteiger partial charge in [0.25, 0.3) is 0 Å². The summed E-state index contributed by atoms with van der Waals surface area (Å²) in [7, 11) is 0. The van der Waals surface area contributed by atoms with Crippen LogP contribution in [0.3, 0.4) is 0 Å². The molecule has 2 rings (SSSR count). The second-order valence-corrected chi connectivity index (χ2v) is 6.11. The molecule has 2 nitrogen and oxygen atoms in total. The van der Waals surface area contributed by atoms with Gasteiger partial charge in [-0.2, -0.15) is 0 Å². The molecule has 0 aliphatic carbocycles. The van der Waals surface area contributed by atoms with Crippen molar-refractivity contribution in [2.75, 3.05) is 13.2 Å². The minimum atomic E-state index is -0.519. The van der Waals surface area contributed by atoms with Crippen LogP contribution in [0.2, 0.25) is 0 Å². The zero-order valence-electron chi connectivity index (χ0n) is 12.9. The molecular weight excluding hydrogens is 272 g/mol. The van der Waals surface area contributed by atoms with Crippen molar-refractivity contribution < 1.29 is 13.5 Å². The molecular formula is C17H25F2NO. The van der Waals surface area contributed by atoms with Gasteiger partial charge in [-0.15, -0.1) is 0 Å². The van der Waals surface area contributed by atoms with E-state index in [1.54, 1.807) is 0 Å². The van der Waals surface area contributed by atoms with Crippen molar-refractivity contribution in [3.8, 4) is 0 Å². The minimum absolute atomic E-state index is 0.0685. The number of hydrogen-bond acceptors (Lipinski definition) is 2. The van der Waals surface area contributed by atoms with Crippen LogP contribution in [0.4, 0.5) is 8.78 Å². The fourth-order valence-corrected chi connectivity index (χ4v) is 3.02. The lowest BCUT2D eigenvalue weighted by atomic mass is 9.84. The summed E-state index contributed by atoms with van der Waals surface area (Å²) in [5.74, 6) is -1.04. The molecule has 1 heterocycles. The summed E-state index contributed by atoms with van der Waals surface area (Å²) in [5.41, 5.74) is 0.410. The van der Waals surface area contributed by atoms with E-state index in [9.17, 15) is 8.78 Å². The number of hydrogen-bond donors (Lipinski definition) is 1. The SMILES string of the molecule is CCCNC(Cc1cc(F)cc(F)c1)C1(C)CCCCO1. The maximum atomic E-state index is 13.4. The summed E-state index contributed by atoms with van der Waals surface area (Å²) in [6.07, 6.45) is 4.80. The predicted octanol–water partition coefficient (Wildman–Crippen LogP) is 3.83. The molecule has 0 amide bonds. The summed E-state index contributed by atoms with van der Waals surface area (Å²) in [4.78, 5) is 0. The van der Waals surface area contributed by atoms with E-state index in [0.29, 0.717) is 12.0 Å². The van der Waals surface area contributed by atoms with Gasteiger partial charge in [-0.05, 0) is 63.3 Å². The number of halogens is 2. The molecule has 118 valence electrons. The summed E-state index contributed by atoms with van der Waals surface area (Å²) < 4.78 is 32.8. The average Bonchev–Trinajstić information content (AvgIpc) is 2.43. The topological polar surface area (TPSA) is 21.3 Å². The lowest BCUT2D eigenvalue weighted by molar-refractivity contribution is -0.0883. The van der Waals surface area contributed by atoms with Crippen molar-refractivity contribution in [2.45, 2.75) is 57.6 Å². The highest BCUT2D eigenvalue weighted by Crippen LogP contribution is 2.30. The average molecular weight is 297 g/mol. The Morgan fingerprint density at radius 3 is 2.52 bits per heavy atom. The fraction of sp³-hybridized carbons (Fsp3) is 0.647. The van der Waals surface area contributed by atoms with Gasteiger partial charge in [0.1, 0.15) is 11.6 Å². The molecule has 1 saturated heterocycles. The molecule has 4 heteroatoms. The summed E-state index contributed by atoms with van der Waals surface area (Å²) in [6, 6.07) is 3.81. The molecule has 1 aromatic rings. The first-order valence-electron chi connectivity index (χ1n) is 7.86. The van der Waals surface area contributed by atoms with Crippen molar-refractivity contribution in [1.82, 2.24) is 5.32 Å². The standard InChI is InChI=1S/C17H25F2NO/c1-3-7-20-16(17(2)6-4-5-8-21-17)11-13-9-14(18)12-15(19)10-13/h9-10,12,16,20H,3-8,11H2,1-2H3. The third-order valence-corrected chi connectivity index (χ3v) is 4.24. The van der Waals surface area contributed by atoms with E-state index in [0.717, 1.165) is 44.9 Å². The Labute approximate surface area is 125 Å². The maximum absolute atomic E-state index is 13.4. The molecule has 0 aromatic heterocycles. The Morgan fingerprint density at radius 2 is 1.95 bits per heavy atom. The van der Waals surface area contributed by atoms with E-state index >= 15 is 0 Å². The largest absolute Gasteiger partial charge is 0.374 e. The Bertz CT molecular complexity index is 438. The van der Waals surface area contributed by atoms with Crippen molar-refractivity contribution in [1.29, 1.82) is 0 Å². The van der Waals surface area contributed by atoms with E-state index in [2.05, 4.69) is 19.2 Å². The number of benzene rings is 1. The molecule has 1 aliphatic heterocycles. The fourth-order valence-electron chi connectivity index (χ4n) is 3.02. The highest BCUT2D eigenvalue weighted by atomic mass is 19.1. The van der Waals surface area contributed by atoms with E-state index in [4.69, 9.17) is 4.74 Å².